The Kier molecular flexibility index (Phi) is 3.27. The summed E-state index contributed by atoms with van der Waals surface area (Å²) in [5, 5.41) is 7.80. The van der Waals surface area contributed by atoms with Gasteiger partial charge in [-0.2, -0.15) is 5.10 Å². The first-order chi connectivity index (χ1) is 7.45. The van der Waals surface area contributed by atoms with Gasteiger partial charge in [0.25, 0.3) is 0 Å². The minimum absolute atomic E-state index is 0. The summed E-state index contributed by atoms with van der Waals surface area (Å²) in [4.78, 5) is 0. The van der Waals surface area contributed by atoms with E-state index in [1.807, 2.05) is 24.4 Å². The summed E-state index contributed by atoms with van der Waals surface area (Å²) in [6.45, 7) is 1.99. The summed E-state index contributed by atoms with van der Waals surface area (Å²) < 4.78 is 2.05. The second-order valence-electron chi connectivity index (χ2n) is 3.79. The minimum Gasteiger partial charge on any atom is -0.312 e. The molecule has 0 amide bonds. The molecule has 3 rings (SSSR count). The molecule has 0 aliphatic carbocycles. The quantitative estimate of drug-likeness (QED) is 0.819. The average molecular weight is 236 g/mol. The van der Waals surface area contributed by atoms with Crippen LogP contribution in [0.4, 0.5) is 0 Å². The topological polar surface area (TPSA) is 29.9 Å². The molecule has 3 nitrogen and oxygen atoms in total. The summed E-state index contributed by atoms with van der Waals surface area (Å²) in [7, 11) is 0. The van der Waals surface area contributed by atoms with Crippen molar-refractivity contribution in [3.8, 4) is 5.69 Å². The van der Waals surface area contributed by atoms with E-state index in [9.17, 15) is 0 Å². The lowest BCUT2D eigenvalue weighted by Crippen LogP contribution is -2.24. The van der Waals surface area contributed by atoms with E-state index in [1.165, 1.54) is 11.3 Å². The first kappa shape index (κ1) is 11.2. The molecule has 1 aromatic heterocycles. The zero-order chi connectivity index (χ0) is 10.1. The van der Waals surface area contributed by atoms with Crippen LogP contribution in [0.3, 0.4) is 0 Å². The standard InChI is InChI=1S/C12H13N3.ClH/c1-2-4-11(5-3-1)15-12-6-7-13-8-10(12)9-14-15;/h1-5,9,13H,6-8H2;1H. The van der Waals surface area contributed by atoms with Crippen LogP contribution in [0.1, 0.15) is 11.3 Å². The van der Waals surface area contributed by atoms with Crippen LogP contribution >= 0.6 is 12.4 Å². The van der Waals surface area contributed by atoms with Crippen molar-refractivity contribution >= 4 is 12.4 Å². The number of aromatic nitrogens is 2. The highest BCUT2D eigenvalue weighted by Crippen LogP contribution is 2.17. The first-order valence-corrected chi connectivity index (χ1v) is 5.27. The number of benzene rings is 1. The molecule has 16 heavy (non-hydrogen) atoms. The van der Waals surface area contributed by atoms with E-state index in [-0.39, 0.29) is 12.4 Å². The van der Waals surface area contributed by atoms with Gasteiger partial charge in [0.2, 0.25) is 0 Å². The fourth-order valence-corrected chi connectivity index (χ4v) is 2.04. The molecule has 0 saturated carbocycles. The number of hydrogen-bond donors (Lipinski definition) is 1. The highest BCUT2D eigenvalue weighted by atomic mass is 35.5. The van der Waals surface area contributed by atoms with E-state index >= 15 is 0 Å². The predicted molar refractivity (Wildman–Crippen MR) is 66.2 cm³/mol. The smallest absolute Gasteiger partial charge is 0.0648 e. The molecular formula is C12H14ClN3. The van der Waals surface area contributed by atoms with Crippen LogP contribution in [0.2, 0.25) is 0 Å². The van der Waals surface area contributed by atoms with Gasteiger partial charge in [0.05, 0.1) is 11.9 Å². The monoisotopic (exact) mass is 235 g/mol. The largest absolute Gasteiger partial charge is 0.312 e. The third-order valence-corrected chi connectivity index (χ3v) is 2.81. The van der Waals surface area contributed by atoms with Crippen LogP contribution in [-0.4, -0.2) is 16.3 Å². The second-order valence-corrected chi connectivity index (χ2v) is 3.79. The van der Waals surface area contributed by atoms with Crippen LogP contribution < -0.4 is 5.32 Å². The molecular weight excluding hydrogens is 222 g/mol. The van der Waals surface area contributed by atoms with Crippen molar-refractivity contribution in [3.05, 3.63) is 47.8 Å². The summed E-state index contributed by atoms with van der Waals surface area (Å²) in [6, 6.07) is 10.3. The van der Waals surface area contributed by atoms with Crippen molar-refractivity contribution in [3.63, 3.8) is 0 Å². The molecule has 0 unspecified atom stereocenters. The maximum Gasteiger partial charge on any atom is 0.0648 e. The fourth-order valence-electron chi connectivity index (χ4n) is 2.04. The molecule has 0 saturated heterocycles. The summed E-state index contributed by atoms with van der Waals surface area (Å²) in [5.41, 5.74) is 3.82. The molecule has 2 heterocycles. The Bertz CT molecular complexity index is 464. The highest BCUT2D eigenvalue weighted by molar-refractivity contribution is 5.85. The van der Waals surface area contributed by atoms with Gasteiger partial charge in [-0.3, -0.25) is 0 Å². The molecule has 1 N–H and O–H groups in total. The third kappa shape index (κ3) is 1.84. The number of nitrogens with one attached hydrogen (secondary N) is 1. The zero-order valence-corrected chi connectivity index (χ0v) is 9.70. The van der Waals surface area contributed by atoms with Crippen molar-refractivity contribution in [2.45, 2.75) is 13.0 Å². The number of para-hydroxylation sites is 1. The number of nitrogens with zero attached hydrogens (tertiary/aromatic N) is 2. The van der Waals surface area contributed by atoms with Crippen molar-refractivity contribution in [1.29, 1.82) is 0 Å². The molecule has 1 aliphatic rings. The van der Waals surface area contributed by atoms with E-state index < -0.39 is 0 Å². The van der Waals surface area contributed by atoms with E-state index in [2.05, 4.69) is 27.2 Å². The van der Waals surface area contributed by atoms with E-state index in [4.69, 9.17) is 0 Å². The number of hydrogen-bond acceptors (Lipinski definition) is 2. The van der Waals surface area contributed by atoms with Gasteiger partial charge in [-0.15, -0.1) is 12.4 Å². The molecule has 2 aromatic rings. The van der Waals surface area contributed by atoms with Crippen molar-refractivity contribution in [2.24, 2.45) is 0 Å². The molecule has 0 spiro atoms. The minimum atomic E-state index is 0. The van der Waals surface area contributed by atoms with Crippen LogP contribution in [0.15, 0.2) is 36.5 Å². The molecule has 0 fully saturated rings. The summed E-state index contributed by atoms with van der Waals surface area (Å²) in [5.74, 6) is 0. The van der Waals surface area contributed by atoms with Gasteiger partial charge in [-0.25, -0.2) is 4.68 Å². The van der Waals surface area contributed by atoms with Gasteiger partial charge in [0.1, 0.15) is 0 Å². The van der Waals surface area contributed by atoms with E-state index in [0.29, 0.717) is 0 Å². The Hall–Kier alpha value is -1.32. The summed E-state index contributed by atoms with van der Waals surface area (Å²) >= 11 is 0. The molecule has 0 radical (unpaired) electrons. The Balaban J connectivity index is 0.000000963. The van der Waals surface area contributed by atoms with Gasteiger partial charge < -0.3 is 5.32 Å². The zero-order valence-electron chi connectivity index (χ0n) is 8.89. The maximum absolute atomic E-state index is 4.44. The van der Waals surface area contributed by atoms with E-state index in [1.54, 1.807) is 0 Å². The number of halogens is 1. The number of rotatable bonds is 1. The van der Waals surface area contributed by atoms with Crippen LogP contribution in [0.25, 0.3) is 5.69 Å². The lowest BCUT2D eigenvalue weighted by molar-refractivity contribution is 0.623. The predicted octanol–water partition coefficient (Wildman–Crippen LogP) is 1.94. The van der Waals surface area contributed by atoms with Gasteiger partial charge in [-0.05, 0) is 12.1 Å². The molecule has 1 aromatic carbocycles. The Morgan fingerprint density at radius 1 is 1.19 bits per heavy atom. The Morgan fingerprint density at radius 3 is 2.81 bits per heavy atom. The average Bonchev–Trinajstić information content (AvgIpc) is 2.74. The SMILES string of the molecule is Cl.c1ccc(-n2ncc3c2CCNC3)cc1. The molecule has 84 valence electrons. The van der Waals surface area contributed by atoms with Crippen LogP contribution in [0, 0.1) is 0 Å². The first-order valence-electron chi connectivity index (χ1n) is 5.27. The fraction of sp³-hybridized carbons (Fsp3) is 0.250. The van der Waals surface area contributed by atoms with E-state index in [0.717, 1.165) is 25.2 Å². The highest BCUT2D eigenvalue weighted by Gasteiger charge is 2.14. The molecule has 0 atom stereocenters. The van der Waals surface area contributed by atoms with Gasteiger partial charge in [0, 0.05) is 30.8 Å². The molecule has 1 aliphatic heterocycles. The lowest BCUT2D eigenvalue weighted by Gasteiger charge is -2.14. The normalized spacial score (nSPS) is 14.0. The maximum atomic E-state index is 4.44. The molecule has 4 heteroatoms. The lowest BCUT2D eigenvalue weighted by atomic mass is 10.1. The van der Waals surface area contributed by atoms with Gasteiger partial charge in [-0.1, -0.05) is 18.2 Å². The van der Waals surface area contributed by atoms with Crippen LogP contribution in [-0.2, 0) is 13.0 Å². The second kappa shape index (κ2) is 4.68. The van der Waals surface area contributed by atoms with Crippen molar-refractivity contribution < 1.29 is 0 Å². The summed E-state index contributed by atoms with van der Waals surface area (Å²) in [6.07, 6.45) is 3.03. The molecule has 0 bridgehead atoms. The Morgan fingerprint density at radius 2 is 2.00 bits per heavy atom. The van der Waals surface area contributed by atoms with Crippen molar-refractivity contribution in [1.82, 2.24) is 15.1 Å². The number of fused-ring (bicyclic) bond motifs is 1. The van der Waals surface area contributed by atoms with Crippen LogP contribution in [0.5, 0.6) is 0 Å². The third-order valence-electron chi connectivity index (χ3n) is 2.81. The van der Waals surface area contributed by atoms with Crippen molar-refractivity contribution in [2.75, 3.05) is 6.54 Å². The Labute approximate surface area is 101 Å². The van der Waals surface area contributed by atoms with Gasteiger partial charge >= 0.3 is 0 Å². The van der Waals surface area contributed by atoms with Gasteiger partial charge in [0.15, 0.2) is 0 Å².